The molecule has 2 atom stereocenters. The zero-order valence-electron chi connectivity index (χ0n) is 15.8. The van der Waals surface area contributed by atoms with E-state index in [0.717, 1.165) is 24.4 Å². The molecule has 2 aromatic carbocycles. The van der Waals surface area contributed by atoms with Crippen LogP contribution >= 0.6 is 0 Å². The number of hydrogen-bond acceptors (Lipinski definition) is 4. The molecule has 28 heavy (non-hydrogen) atoms. The van der Waals surface area contributed by atoms with E-state index in [4.69, 9.17) is 0 Å². The van der Waals surface area contributed by atoms with Crippen LogP contribution in [-0.2, 0) is 10.0 Å². The van der Waals surface area contributed by atoms with E-state index in [0.29, 0.717) is 23.2 Å². The molecular weight excluding hydrogens is 374 g/mol. The first-order chi connectivity index (χ1) is 13.4. The minimum absolute atomic E-state index is 0.228. The summed E-state index contributed by atoms with van der Waals surface area (Å²) in [6.07, 6.45) is 5.02. The Labute approximate surface area is 165 Å². The lowest BCUT2D eigenvalue weighted by Crippen LogP contribution is -2.20. The van der Waals surface area contributed by atoms with E-state index in [-0.39, 0.29) is 5.91 Å². The van der Waals surface area contributed by atoms with Crippen LogP contribution in [0.25, 0.3) is 0 Å². The van der Waals surface area contributed by atoms with Gasteiger partial charge in [0.2, 0.25) is 10.0 Å². The number of nitrogens with one attached hydrogen (secondary N) is 3. The van der Waals surface area contributed by atoms with Crippen LogP contribution in [0.15, 0.2) is 48.5 Å². The Morgan fingerprint density at radius 1 is 1.00 bits per heavy atom. The lowest BCUT2D eigenvalue weighted by Gasteiger charge is -2.08. The Kier molecular flexibility index (Phi) is 5.12. The summed E-state index contributed by atoms with van der Waals surface area (Å²) in [5.74, 6) is 1.25. The molecule has 2 fully saturated rings. The zero-order chi connectivity index (χ0) is 19.7. The molecule has 0 aliphatic heterocycles. The normalized spacial score (nSPS) is 21.2. The van der Waals surface area contributed by atoms with Crippen LogP contribution in [0.1, 0.15) is 41.1 Å². The fraction of sp³-hybridized carbons (Fsp3) is 0.381. The van der Waals surface area contributed by atoms with Gasteiger partial charge in [0.1, 0.15) is 0 Å². The Morgan fingerprint density at radius 3 is 2.25 bits per heavy atom. The maximum absolute atomic E-state index is 12.4. The first kappa shape index (κ1) is 19.0. The Bertz CT molecular complexity index is 951. The first-order valence-corrected chi connectivity index (χ1v) is 11.5. The molecule has 0 spiro atoms. The fourth-order valence-electron chi connectivity index (χ4n) is 3.35. The van der Waals surface area contributed by atoms with Crippen LogP contribution in [0, 0.1) is 5.92 Å². The van der Waals surface area contributed by atoms with E-state index in [1.807, 2.05) is 12.1 Å². The second-order valence-corrected chi connectivity index (χ2v) is 9.58. The molecule has 0 radical (unpaired) electrons. The average Bonchev–Trinajstić information content (AvgIpc) is 3.54. The van der Waals surface area contributed by atoms with E-state index in [2.05, 4.69) is 27.5 Å². The molecule has 0 bridgehead atoms. The molecule has 2 aliphatic carbocycles. The standard InChI is InChI=1S/C21H25N3O3S/c1-28(26,27)24-18-10-6-16(7-11-18)21(25)23-17-8-4-15(5-9-17)19-12-20(19)22-13-14-2-3-14/h4-11,14,19-20,22,24H,2-3,12-13H2,1H3,(H,23,25). The van der Waals surface area contributed by atoms with E-state index >= 15 is 0 Å². The van der Waals surface area contributed by atoms with Crippen molar-refractivity contribution in [3.05, 3.63) is 59.7 Å². The molecule has 2 aromatic rings. The number of amides is 1. The van der Waals surface area contributed by atoms with E-state index in [1.165, 1.54) is 24.8 Å². The molecule has 0 aromatic heterocycles. The third-order valence-corrected chi connectivity index (χ3v) is 5.81. The summed E-state index contributed by atoms with van der Waals surface area (Å²) in [7, 11) is -3.33. The molecular formula is C21H25N3O3S. The number of hydrogen-bond donors (Lipinski definition) is 3. The van der Waals surface area contributed by atoms with Gasteiger partial charge in [-0.15, -0.1) is 0 Å². The molecule has 0 saturated heterocycles. The zero-order valence-corrected chi connectivity index (χ0v) is 16.6. The van der Waals surface area contributed by atoms with Gasteiger partial charge in [0.05, 0.1) is 6.26 Å². The highest BCUT2D eigenvalue weighted by atomic mass is 32.2. The van der Waals surface area contributed by atoms with Gasteiger partial charge in [0, 0.05) is 28.9 Å². The number of benzene rings is 2. The second kappa shape index (κ2) is 7.56. The largest absolute Gasteiger partial charge is 0.322 e. The molecule has 0 heterocycles. The molecule has 2 saturated carbocycles. The number of anilines is 2. The number of carbonyl (C=O) groups is 1. The van der Waals surface area contributed by atoms with Crippen molar-refractivity contribution in [3.8, 4) is 0 Å². The van der Waals surface area contributed by atoms with Crippen molar-refractivity contribution in [1.29, 1.82) is 0 Å². The van der Waals surface area contributed by atoms with Gasteiger partial charge in [0.15, 0.2) is 0 Å². The Balaban J connectivity index is 1.30. The Morgan fingerprint density at radius 2 is 1.64 bits per heavy atom. The summed E-state index contributed by atoms with van der Waals surface area (Å²) < 4.78 is 24.8. The van der Waals surface area contributed by atoms with Crippen molar-refractivity contribution in [2.24, 2.45) is 5.92 Å². The smallest absolute Gasteiger partial charge is 0.255 e. The minimum Gasteiger partial charge on any atom is -0.322 e. The van der Waals surface area contributed by atoms with Crippen molar-refractivity contribution >= 4 is 27.3 Å². The van der Waals surface area contributed by atoms with Crippen LogP contribution in [0.5, 0.6) is 0 Å². The quantitative estimate of drug-likeness (QED) is 0.636. The van der Waals surface area contributed by atoms with E-state index < -0.39 is 10.0 Å². The Hall–Kier alpha value is -2.38. The van der Waals surface area contributed by atoms with Gasteiger partial charge in [-0.1, -0.05) is 12.1 Å². The second-order valence-electron chi connectivity index (χ2n) is 7.83. The first-order valence-electron chi connectivity index (χ1n) is 9.60. The highest BCUT2D eigenvalue weighted by Crippen LogP contribution is 2.41. The summed E-state index contributed by atoms with van der Waals surface area (Å²) in [6.45, 7) is 1.15. The van der Waals surface area contributed by atoms with Gasteiger partial charge in [-0.05, 0) is 73.7 Å². The number of sulfonamides is 1. The highest BCUT2D eigenvalue weighted by molar-refractivity contribution is 7.92. The van der Waals surface area contributed by atoms with Crippen LogP contribution in [-0.4, -0.2) is 33.2 Å². The molecule has 3 N–H and O–H groups in total. The fourth-order valence-corrected chi connectivity index (χ4v) is 3.91. The van der Waals surface area contributed by atoms with Crippen LogP contribution in [0.3, 0.4) is 0 Å². The third-order valence-electron chi connectivity index (χ3n) is 5.20. The SMILES string of the molecule is CS(=O)(=O)Nc1ccc(C(=O)Nc2ccc(C3CC3NCC3CC3)cc2)cc1. The van der Waals surface area contributed by atoms with Crippen LogP contribution < -0.4 is 15.4 Å². The van der Waals surface area contributed by atoms with E-state index in [1.54, 1.807) is 24.3 Å². The van der Waals surface area contributed by atoms with Crippen LogP contribution in [0.2, 0.25) is 0 Å². The monoisotopic (exact) mass is 399 g/mol. The molecule has 7 heteroatoms. The van der Waals surface area contributed by atoms with Gasteiger partial charge in [-0.2, -0.15) is 0 Å². The summed E-state index contributed by atoms with van der Waals surface area (Å²) in [6, 6.07) is 15.0. The van der Waals surface area contributed by atoms with Crippen molar-refractivity contribution in [2.75, 3.05) is 22.8 Å². The maximum Gasteiger partial charge on any atom is 0.255 e. The third kappa shape index (κ3) is 5.11. The summed E-state index contributed by atoms with van der Waals surface area (Å²) in [5, 5.41) is 6.52. The minimum atomic E-state index is -3.33. The lowest BCUT2D eigenvalue weighted by atomic mass is 10.1. The van der Waals surface area contributed by atoms with E-state index in [9.17, 15) is 13.2 Å². The topological polar surface area (TPSA) is 87.3 Å². The van der Waals surface area contributed by atoms with Crippen molar-refractivity contribution in [2.45, 2.75) is 31.2 Å². The molecule has 2 unspecified atom stereocenters. The molecule has 148 valence electrons. The molecule has 4 rings (SSSR count). The summed E-state index contributed by atoms with van der Waals surface area (Å²) in [5.41, 5.74) is 2.95. The lowest BCUT2D eigenvalue weighted by molar-refractivity contribution is 0.102. The molecule has 1 amide bonds. The predicted octanol–water partition coefficient (Wildman–Crippen LogP) is 3.17. The van der Waals surface area contributed by atoms with Gasteiger partial charge in [-0.25, -0.2) is 8.42 Å². The van der Waals surface area contributed by atoms with Gasteiger partial charge in [-0.3, -0.25) is 9.52 Å². The van der Waals surface area contributed by atoms with Crippen molar-refractivity contribution < 1.29 is 13.2 Å². The predicted molar refractivity (Wildman–Crippen MR) is 111 cm³/mol. The molecule has 6 nitrogen and oxygen atoms in total. The van der Waals surface area contributed by atoms with Gasteiger partial charge < -0.3 is 10.6 Å². The van der Waals surface area contributed by atoms with Gasteiger partial charge in [0.25, 0.3) is 5.91 Å². The van der Waals surface area contributed by atoms with Crippen molar-refractivity contribution in [1.82, 2.24) is 5.32 Å². The average molecular weight is 400 g/mol. The number of carbonyl (C=O) groups excluding carboxylic acids is 1. The summed E-state index contributed by atoms with van der Waals surface area (Å²) >= 11 is 0. The summed E-state index contributed by atoms with van der Waals surface area (Å²) in [4.78, 5) is 12.4. The highest BCUT2D eigenvalue weighted by Gasteiger charge is 2.38. The molecule has 2 aliphatic rings. The number of rotatable bonds is 8. The van der Waals surface area contributed by atoms with Crippen LogP contribution in [0.4, 0.5) is 11.4 Å². The van der Waals surface area contributed by atoms with Crippen molar-refractivity contribution in [3.63, 3.8) is 0 Å². The maximum atomic E-state index is 12.4. The van der Waals surface area contributed by atoms with Gasteiger partial charge >= 0.3 is 0 Å².